The first-order valence-corrected chi connectivity index (χ1v) is 6.47. The van der Waals surface area contributed by atoms with Gasteiger partial charge in [-0.25, -0.2) is 0 Å². The summed E-state index contributed by atoms with van der Waals surface area (Å²) in [6.07, 6.45) is 0.824. The number of hydrogen-bond acceptors (Lipinski definition) is 2. The molecule has 0 saturated heterocycles. The van der Waals surface area contributed by atoms with Crippen LogP contribution in [0.5, 0.6) is 5.75 Å². The number of hydrogen-bond donors (Lipinski definition) is 0. The minimum atomic E-state index is -0.0429. The van der Waals surface area contributed by atoms with Crippen molar-refractivity contribution in [2.75, 3.05) is 26.6 Å². The molecule has 3 nitrogen and oxygen atoms in total. The normalized spacial score (nSPS) is 10.3. The molecule has 0 unspecified atom stereocenters. The number of carbonyl (C=O) groups is 1. The Morgan fingerprint density at radius 1 is 1.33 bits per heavy atom. The van der Waals surface area contributed by atoms with Crippen molar-refractivity contribution >= 4 is 17.5 Å². The lowest BCUT2D eigenvalue weighted by Gasteiger charge is -2.17. The van der Waals surface area contributed by atoms with Gasteiger partial charge >= 0.3 is 0 Å². The zero-order valence-corrected chi connectivity index (χ0v) is 12.2. The second-order valence-electron chi connectivity index (χ2n) is 4.46. The van der Waals surface area contributed by atoms with Crippen LogP contribution in [0.2, 0.25) is 0 Å². The third-order valence-electron chi connectivity index (χ3n) is 3.00. The smallest absolute Gasteiger partial charge is 0.237 e. The van der Waals surface area contributed by atoms with Crippen molar-refractivity contribution < 1.29 is 9.53 Å². The number of alkyl halides is 1. The maximum atomic E-state index is 11.3. The number of methoxy groups -OCH3 is 1. The Labute approximate surface area is 114 Å². The fourth-order valence-corrected chi connectivity index (χ4v) is 2.23. The van der Waals surface area contributed by atoms with Gasteiger partial charge in [-0.05, 0) is 37.0 Å². The zero-order valence-electron chi connectivity index (χ0n) is 11.4. The molecule has 4 heteroatoms. The number of halogens is 1. The quantitative estimate of drug-likeness (QED) is 0.769. The third kappa shape index (κ3) is 3.64. The van der Waals surface area contributed by atoms with E-state index in [-0.39, 0.29) is 11.8 Å². The van der Waals surface area contributed by atoms with E-state index in [1.807, 2.05) is 13.8 Å². The standard InChI is InChI=1S/C14H20ClNO2/c1-10-7-12(8-11(2)14(10)18-4)5-6-16(3)13(17)9-15/h7-8H,5-6,9H2,1-4H3. The van der Waals surface area contributed by atoms with Gasteiger partial charge in [-0.3, -0.25) is 4.79 Å². The zero-order chi connectivity index (χ0) is 13.7. The minimum absolute atomic E-state index is 0.0389. The van der Waals surface area contributed by atoms with E-state index in [9.17, 15) is 4.79 Å². The van der Waals surface area contributed by atoms with Gasteiger partial charge in [-0.15, -0.1) is 11.6 Å². The largest absolute Gasteiger partial charge is 0.496 e. The van der Waals surface area contributed by atoms with Crippen molar-refractivity contribution in [3.05, 3.63) is 28.8 Å². The Bertz CT molecular complexity index is 409. The summed E-state index contributed by atoms with van der Waals surface area (Å²) in [7, 11) is 3.45. The van der Waals surface area contributed by atoms with E-state index in [1.54, 1.807) is 19.1 Å². The molecule has 1 aromatic carbocycles. The van der Waals surface area contributed by atoms with Gasteiger partial charge in [0, 0.05) is 13.6 Å². The summed E-state index contributed by atoms with van der Waals surface area (Å²) < 4.78 is 5.33. The summed E-state index contributed by atoms with van der Waals surface area (Å²) in [6.45, 7) is 4.74. The van der Waals surface area contributed by atoms with Crippen molar-refractivity contribution in [3.8, 4) is 5.75 Å². The highest BCUT2D eigenvalue weighted by Crippen LogP contribution is 2.24. The number of rotatable bonds is 5. The van der Waals surface area contributed by atoms with Crippen LogP contribution in [0.1, 0.15) is 16.7 Å². The van der Waals surface area contributed by atoms with Crippen LogP contribution in [0.3, 0.4) is 0 Å². The first-order chi connectivity index (χ1) is 8.49. The first-order valence-electron chi connectivity index (χ1n) is 5.93. The summed E-state index contributed by atoms with van der Waals surface area (Å²) >= 11 is 5.51. The highest BCUT2D eigenvalue weighted by Gasteiger charge is 2.09. The van der Waals surface area contributed by atoms with Crippen molar-refractivity contribution in [3.63, 3.8) is 0 Å². The Kier molecular flexibility index (Phi) is 5.48. The maximum Gasteiger partial charge on any atom is 0.237 e. The van der Waals surface area contributed by atoms with E-state index in [4.69, 9.17) is 16.3 Å². The molecule has 1 aromatic rings. The number of carbonyl (C=O) groups excluding carboxylic acids is 1. The molecule has 0 radical (unpaired) electrons. The number of nitrogens with zero attached hydrogens (tertiary/aromatic N) is 1. The van der Waals surface area contributed by atoms with Crippen LogP contribution in [-0.4, -0.2) is 37.4 Å². The number of amides is 1. The minimum Gasteiger partial charge on any atom is -0.496 e. The number of aryl methyl sites for hydroxylation is 2. The number of ether oxygens (including phenoxy) is 1. The molecule has 0 fully saturated rings. The monoisotopic (exact) mass is 269 g/mol. The molecule has 0 aliphatic rings. The van der Waals surface area contributed by atoms with Gasteiger partial charge in [0.1, 0.15) is 11.6 Å². The molecule has 0 N–H and O–H groups in total. The Balaban J connectivity index is 2.72. The van der Waals surface area contributed by atoms with Crippen LogP contribution < -0.4 is 4.74 Å². The van der Waals surface area contributed by atoms with Crippen LogP contribution in [-0.2, 0) is 11.2 Å². The molecular weight excluding hydrogens is 250 g/mol. The van der Waals surface area contributed by atoms with Gasteiger partial charge < -0.3 is 9.64 Å². The lowest BCUT2D eigenvalue weighted by Crippen LogP contribution is -2.29. The summed E-state index contributed by atoms with van der Waals surface area (Å²) in [5.74, 6) is 0.930. The molecule has 1 rings (SSSR count). The molecular formula is C14H20ClNO2. The molecule has 0 bridgehead atoms. The summed E-state index contributed by atoms with van der Waals surface area (Å²) in [5, 5.41) is 0. The molecule has 0 heterocycles. The second kappa shape index (κ2) is 6.64. The van der Waals surface area contributed by atoms with E-state index in [1.165, 1.54) is 5.56 Å². The first kappa shape index (κ1) is 14.8. The summed E-state index contributed by atoms with van der Waals surface area (Å²) in [4.78, 5) is 13.0. The number of benzene rings is 1. The van der Waals surface area contributed by atoms with Gasteiger partial charge in [0.15, 0.2) is 0 Å². The van der Waals surface area contributed by atoms with Crippen molar-refractivity contribution in [2.45, 2.75) is 20.3 Å². The van der Waals surface area contributed by atoms with Crippen LogP contribution in [0.25, 0.3) is 0 Å². The van der Waals surface area contributed by atoms with E-state index in [0.717, 1.165) is 23.3 Å². The van der Waals surface area contributed by atoms with Gasteiger partial charge in [0.25, 0.3) is 0 Å². The average molecular weight is 270 g/mol. The molecule has 100 valence electrons. The maximum absolute atomic E-state index is 11.3. The molecule has 18 heavy (non-hydrogen) atoms. The van der Waals surface area contributed by atoms with Crippen LogP contribution in [0, 0.1) is 13.8 Å². The average Bonchev–Trinajstić information content (AvgIpc) is 2.34. The van der Waals surface area contributed by atoms with E-state index in [2.05, 4.69) is 12.1 Å². The van der Waals surface area contributed by atoms with Crippen molar-refractivity contribution in [1.82, 2.24) is 4.90 Å². The topological polar surface area (TPSA) is 29.5 Å². The predicted molar refractivity (Wildman–Crippen MR) is 74.5 cm³/mol. The van der Waals surface area contributed by atoms with Gasteiger partial charge in [0.2, 0.25) is 5.91 Å². The Morgan fingerprint density at radius 2 is 1.89 bits per heavy atom. The third-order valence-corrected chi connectivity index (χ3v) is 3.23. The van der Waals surface area contributed by atoms with Crippen LogP contribution >= 0.6 is 11.6 Å². The molecule has 0 aliphatic heterocycles. The van der Waals surface area contributed by atoms with E-state index >= 15 is 0 Å². The Hall–Kier alpha value is -1.22. The molecule has 0 aliphatic carbocycles. The van der Waals surface area contributed by atoms with Gasteiger partial charge in [-0.2, -0.15) is 0 Å². The fourth-order valence-electron chi connectivity index (χ4n) is 2.03. The molecule has 0 atom stereocenters. The molecule has 0 saturated carbocycles. The molecule has 0 spiro atoms. The van der Waals surface area contributed by atoms with E-state index < -0.39 is 0 Å². The number of likely N-dealkylation sites (N-methyl/N-ethyl adjacent to an activating group) is 1. The second-order valence-corrected chi connectivity index (χ2v) is 4.73. The lowest BCUT2D eigenvalue weighted by molar-refractivity contribution is -0.127. The van der Waals surface area contributed by atoms with E-state index in [0.29, 0.717) is 6.54 Å². The fraction of sp³-hybridized carbons (Fsp3) is 0.500. The van der Waals surface area contributed by atoms with Gasteiger partial charge in [0.05, 0.1) is 7.11 Å². The van der Waals surface area contributed by atoms with Crippen LogP contribution in [0.4, 0.5) is 0 Å². The van der Waals surface area contributed by atoms with Crippen molar-refractivity contribution in [1.29, 1.82) is 0 Å². The highest BCUT2D eigenvalue weighted by atomic mass is 35.5. The van der Waals surface area contributed by atoms with Gasteiger partial charge in [-0.1, -0.05) is 12.1 Å². The molecule has 0 aromatic heterocycles. The lowest BCUT2D eigenvalue weighted by atomic mass is 10.0. The predicted octanol–water partition coefficient (Wildman–Crippen LogP) is 2.55. The Morgan fingerprint density at radius 3 is 2.33 bits per heavy atom. The SMILES string of the molecule is COc1c(C)cc(CCN(C)C(=O)CCl)cc1C. The van der Waals surface area contributed by atoms with Crippen molar-refractivity contribution in [2.24, 2.45) is 0 Å². The molecule has 1 amide bonds. The van der Waals surface area contributed by atoms with Crippen LogP contribution in [0.15, 0.2) is 12.1 Å². The summed E-state index contributed by atoms with van der Waals surface area (Å²) in [5.41, 5.74) is 3.46. The highest BCUT2D eigenvalue weighted by molar-refractivity contribution is 6.27. The summed E-state index contributed by atoms with van der Waals surface area (Å²) in [6, 6.07) is 4.20.